The van der Waals surface area contributed by atoms with Gasteiger partial charge in [0.05, 0.1) is 16.3 Å². The summed E-state index contributed by atoms with van der Waals surface area (Å²) >= 11 is 23.0. The SMILES string of the molecule is NC(=S)NN=Cc1ccccc1OCc1c(Cl)ccc(Cl)c1Cl. The quantitative estimate of drug-likeness (QED) is 0.345. The minimum atomic E-state index is 0.0807. The number of rotatable bonds is 5. The van der Waals surface area contributed by atoms with E-state index in [4.69, 9.17) is 45.3 Å². The highest BCUT2D eigenvalue weighted by Crippen LogP contribution is 2.32. The Balaban J connectivity index is 2.17. The number of thiocarbonyl (C=S) groups is 1. The first-order valence-electron chi connectivity index (χ1n) is 6.41. The van der Waals surface area contributed by atoms with Crippen molar-refractivity contribution in [1.29, 1.82) is 0 Å². The van der Waals surface area contributed by atoms with Crippen LogP contribution in [-0.4, -0.2) is 11.3 Å². The summed E-state index contributed by atoms with van der Waals surface area (Å²) in [7, 11) is 0. The van der Waals surface area contributed by atoms with Crippen LogP contribution >= 0.6 is 47.0 Å². The van der Waals surface area contributed by atoms with Gasteiger partial charge in [0, 0.05) is 16.1 Å². The molecule has 3 N–H and O–H groups in total. The summed E-state index contributed by atoms with van der Waals surface area (Å²) in [6, 6.07) is 10.6. The normalized spacial score (nSPS) is 10.7. The van der Waals surface area contributed by atoms with Crippen molar-refractivity contribution in [3.05, 3.63) is 62.6 Å². The van der Waals surface area contributed by atoms with E-state index in [2.05, 4.69) is 22.7 Å². The van der Waals surface area contributed by atoms with E-state index in [1.807, 2.05) is 18.2 Å². The molecule has 0 saturated carbocycles. The van der Waals surface area contributed by atoms with Gasteiger partial charge in [0.15, 0.2) is 5.11 Å². The number of nitrogens with zero attached hydrogens (tertiary/aromatic N) is 1. The Hall–Kier alpha value is -1.53. The lowest BCUT2D eigenvalue weighted by Gasteiger charge is -2.12. The Morgan fingerprint density at radius 1 is 1.17 bits per heavy atom. The summed E-state index contributed by atoms with van der Waals surface area (Å²) in [5.74, 6) is 0.605. The highest BCUT2D eigenvalue weighted by atomic mass is 35.5. The van der Waals surface area contributed by atoms with Gasteiger partial charge in [-0.2, -0.15) is 5.10 Å². The zero-order chi connectivity index (χ0) is 16.8. The molecule has 0 fully saturated rings. The van der Waals surface area contributed by atoms with Gasteiger partial charge >= 0.3 is 0 Å². The predicted molar refractivity (Wildman–Crippen MR) is 99.8 cm³/mol. The molecular formula is C15H12Cl3N3OS. The average Bonchev–Trinajstić information content (AvgIpc) is 2.52. The highest BCUT2D eigenvalue weighted by Gasteiger charge is 2.11. The molecule has 0 aromatic heterocycles. The van der Waals surface area contributed by atoms with Gasteiger partial charge in [-0.05, 0) is 36.5 Å². The summed E-state index contributed by atoms with van der Waals surface area (Å²) in [5, 5.41) is 5.28. The van der Waals surface area contributed by atoms with E-state index in [9.17, 15) is 0 Å². The lowest BCUT2D eigenvalue weighted by molar-refractivity contribution is 0.306. The Morgan fingerprint density at radius 3 is 2.61 bits per heavy atom. The molecule has 8 heteroatoms. The molecule has 0 atom stereocenters. The van der Waals surface area contributed by atoms with E-state index in [1.165, 1.54) is 0 Å². The molecule has 23 heavy (non-hydrogen) atoms. The lowest BCUT2D eigenvalue weighted by Crippen LogP contribution is -2.24. The van der Waals surface area contributed by atoms with Crippen LogP contribution in [-0.2, 0) is 6.61 Å². The van der Waals surface area contributed by atoms with Gasteiger partial charge in [-0.15, -0.1) is 0 Å². The fourth-order valence-corrected chi connectivity index (χ4v) is 2.44. The third kappa shape index (κ3) is 4.97. The first kappa shape index (κ1) is 17.8. The largest absolute Gasteiger partial charge is 0.488 e. The number of hydrogen-bond acceptors (Lipinski definition) is 3. The number of hydrogen-bond donors (Lipinski definition) is 2. The number of hydrazone groups is 1. The average molecular weight is 389 g/mol. The zero-order valence-electron chi connectivity index (χ0n) is 11.7. The van der Waals surface area contributed by atoms with E-state index < -0.39 is 0 Å². The lowest BCUT2D eigenvalue weighted by atomic mass is 10.2. The minimum Gasteiger partial charge on any atom is -0.488 e. The molecule has 0 aliphatic heterocycles. The summed E-state index contributed by atoms with van der Waals surface area (Å²) in [6.45, 7) is 0.172. The van der Waals surface area contributed by atoms with Crippen LogP contribution in [0.2, 0.25) is 15.1 Å². The van der Waals surface area contributed by atoms with Gasteiger partial charge in [-0.1, -0.05) is 46.9 Å². The Kier molecular flexibility index (Phi) is 6.47. The zero-order valence-corrected chi connectivity index (χ0v) is 14.8. The van der Waals surface area contributed by atoms with Crippen molar-refractivity contribution >= 4 is 58.3 Å². The van der Waals surface area contributed by atoms with Crippen molar-refractivity contribution in [1.82, 2.24) is 5.43 Å². The molecule has 0 spiro atoms. The summed E-state index contributed by atoms with van der Waals surface area (Å²) in [5.41, 5.74) is 9.15. The third-order valence-corrected chi connectivity index (χ3v) is 4.10. The maximum Gasteiger partial charge on any atom is 0.184 e. The van der Waals surface area contributed by atoms with Gasteiger partial charge in [-0.25, -0.2) is 0 Å². The summed E-state index contributed by atoms with van der Waals surface area (Å²) in [4.78, 5) is 0. The Labute approximate surface area is 154 Å². The number of nitrogens with two attached hydrogens (primary N) is 1. The number of para-hydroxylation sites is 1. The van der Waals surface area contributed by atoms with Crippen molar-refractivity contribution < 1.29 is 4.74 Å². The van der Waals surface area contributed by atoms with Crippen LogP contribution in [0.5, 0.6) is 5.75 Å². The van der Waals surface area contributed by atoms with Gasteiger partial charge < -0.3 is 10.5 Å². The maximum absolute atomic E-state index is 6.16. The molecule has 2 aromatic rings. The Morgan fingerprint density at radius 2 is 1.87 bits per heavy atom. The molecule has 0 unspecified atom stereocenters. The number of halogens is 3. The van der Waals surface area contributed by atoms with Crippen molar-refractivity contribution in [2.24, 2.45) is 10.8 Å². The number of benzene rings is 2. The predicted octanol–water partition coefficient (Wildman–Crippen LogP) is 4.39. The minimum absolute atomic E-state index is 0.0807. The molecule has 0 saturated heterocycles. The summed E-state index contributed by atoms with van der Waals surface area (Å²) in [6.07, 6.45) is 1.55. The van der Waals surface area contributed by atoms with E-state index in [0.29, 0.717) is 26.4 Å². The molecule has 0 bridgehead atoms. The maximum atomic E-state index is 6.16. The van der Waals surface area contributed by atoms with Crippen LogP contribution in [0.1, 0.15) is 11.1 Å². The van der Waals surface area contributed by atoms with E-state index >= 15 is 0 Å². The van der Waals surface area contributed by atoms with Gasteiger partial charge in [-0.3, -0.25) is 5.43 Å². The molecule has 0 aliphatic rings. The van der Waals surface area contributed by atoms with Gasteiger partial charge in [0.1, 0.15) is 12.4 Å². The highest BCUT2D eigenvalue weighted by molar-refractivity contribution is 7.80. The van der Waals surface area contributed by atoms with Crippen LogP contribution in [0.3, 0.4) is 0 Å². The molecule has 120 valence electrons. The van der Waals surface area contributed by atoms with Crippen LogP contribution in [0.15, 0.2) is 41.5 Å². The van der Waals surface area contributed by atoms with E-state index in [0.717, 1.165) is 5.56 Å². The van der Waals surface area contributed by atoms with Crippen LogP contribution < -0.4 is 15.9 Å². The van der Waals surface area contributed by atoms with Crippen LogP contribution in [0, 0.1) is 0 Å². The molecule has 2 rings (SSSR count). The smallest absolute Gasteiger partial charge is 0.184 e. The number of nitrogens with one attached hydrogen (secondary N) is 1. The van der Waals surface area contributed by atoms with Crippen molar-refractivity contribution in [3.63, 3.8) is 0 Å². The Bertz CT molecular complexity index is 753. The molecule has 0 amide bonds. The van der Waals surface area contributed by atoms with E-state index in [-0.39, 0.29) is 11.7 Å². The number of ether oxygens (including phenoxy) is 1. The van der Waals surface area contributed by atoms with Crippen molar-refractivity contribution in [2.75, 3.05) is 0 Å². The second-order valence-corrected chi connectivity index (χ2v) is 6.01. The molecule has 0 heterocycles. The second-order valence-electron chi connectivity index (χ2n) is 4.38. The van der Waals surface area contributed by atoms with Crippen molar-refractivity contribution in [2.45, 2.75) is 6.61 Å². The third-order valence-electron chi connectivity index (χ3n) is 2.81. The molecule has 4 nitrogen and oxygen atoms in total. The van der Waals surface area contributed by atoms with Crippen molar-refractivity contribution in [3.8, 4) is 5.75 Å². The standard InChI is InChI=1S/C15H12Cl3N3OS/c16-11-5-6-12(17)14(18)10(11)8-22-13-4-2-1-3-9(13)7-20-21-15(19)23/h1-7H,8H2,(H3,19,21,23). The molecule has 2 aromatic carbocycles. The second kappa shape index (κ2) is 8.36. The first-order chi connectivity index (χ1) is 11.0. The van der Waals surface area contributed by atoms with Gasteiger partial charge in [0.2, 0.25) is 0 Å². The monoisotopic (exact) mass is 387 g/mol. The molecule has 0 radical (unpaired) electrons. The first-order valence-corrected chi connectivity index (χ1v) is 7.96. The fourth-order valence-electron chi connectivity index (χ4n) is 1.74. The summed E-state index contributed by atoms with van der Waals surface area (Å²) < 4.78 is 5.79. The molecule has 0 aliphatic carbocycles. The fraction of sp³-hybridized carbons (Fsp3) is 0.0667. The topological polar surface area (TPSA) is 59.6 Å². The van der Waals surface area contributed by atoms with Gasteiger partial charge in [0.25, 0.3) is 0 Å². The van der Waals surface area contributed by atoms with Crippen LogP contribution in [0.25, 0.3) is 0 Å². The van der Waals surface area contributed by atoms with E-state index in [1.54, 1.807) is 24.4 Å². The molecular weight excluding hydrogens is 377 g/mol. The van der Waals surface area contributed by atoms with Crippen LogP contribution in [0.4, 0.5) is 0 Å².